The molecule has 21 heavy (non-hydrogen) atoms. The molecule has 0 fully saturated rings. The largest absolute Gasteiger partial charge is 0.345 e. The van der Waals surface area contributed by atoms with E-state index in [9.17, 15) is 18.4 Å². The number of rotatable bonds is 4. The number of carbonyl (C=O) groups is 2. The van der Waals surface area contributed by atoms with Crippen molar-refractivity contribution >= 4 is 23.0 Å². The maximum atomic E-state index is 13.6. The van der Waals surface area contributed by atoms with Crippen molar-refractivity contribution in [1.82, 2.24) is 5.32 Å². The highest BCUT2D eigenvalue weighted by Gasteiger charge is 2.17. The van der Waals surface area contributed by atoms with Crippen LogP contribution < -0.4 is 5.32 Å². The second kappa shape index (κ2) is 6.13. The van der Waals surface area contributed by atoms with E-state index in [4.69, 9.17) is 0 Å². The van der Waals surface area contributed by atoms with Gasteiger partial charge >= 0.3 is 0 Å². The van der Waals surface area contributed by atoms with Crippen LogP contribution in [0.5, 0.6) is 0 Å². The molecule has 6 heteroatoms. The number of hydrogen-bond acceptors (Lipinski definition) is 3. The van der Waals surface area contributed by atoms with Gasteiger partial charge in [-0.3, -0.25) is 9.59 Å². The van der Waals surface area contributed by atoms with Gasteiger partial charge in [-0.25, -0.2) is 8.78 Å². The fourth-order valence-electron chi connectivity index (χ4n) is 1.85. The van der Waals surface area contributed by atoms with Gasteiger partial charge in [-0.05, 0) is 32.0 Å². The normalized spacial score (nSPS) is 12.0. The molecule has 1 heterocycles. The highest BCUT2D eigenvalue weighted by molar-refractivity contribution is 7.15. The van der Waals surface area contributed by atoms with Crippen LogP contribution in [-0.4, -0.2) is 11.7 Å². The molecule has 0 aliphatic heterocycles. The predicted octanol–water partition coefficient (Wildman–Crippen LogP) is 3.72. The Morgan fingerprint density at radius 2 is 1.81 bits per heavy atom. The monoisotopic (exact) mass is 309 g/mol. The Balaban J connectivity index is 2.12. The van der Waals surface area contributed by atoms with Crippen LogP contribution >= 0.6 is 11.3 Å². The fraction of sp³-hybridized carbons (Fsp3) is 0.200. The van der Waals surface area contributed by atoms with Crippen LogP contribution in [-0.2, 0) is 0 Å². The van der Waals surface area contributed by atoms with E-state index in [1.807, 2.05) is 0 Å². The maximum Gasteiger partial charge on any atom is 0.261 e. The van der Waals surface area contributed by atoms with Crippen molar-refractivity contribution in [2.45, 2.75) is 19.9 Å². The summed E-state index contributed by atoms with van der Waals surface area (Å²) in [6, 6.07) is 5.72. The second-order valence-corrected chi connectivity index (χ2v) is 5.66. The fourth-order valence-corrected chi connectivity index (χ4v) is 2.65. The van der Waals surface area contributed by atoms with Gasteiger partial charge in [0.1, 0.15) is 11.6 Å². The Labute approximate surface area is 124 Å². The molecule has 0 bridgehead atoms. The number of carbonyl (C=O) groups excluding carboxylic acids is 2. The Hall–Kier alpha value is -2.08. The van der Waals surface area contributed by atoms with Gasteiger partial charge in [0, 0.05) is 11.6 Å². The van der Waals surface area contributed by atoms with Crippen LogP contribution in [0.2, 0.25) is 0 Å². The lowest BCUT2D eigenvalue weighted by molar-refractivity contribution is 0.0943. The van der Waals surface area contributed by atoms with E-state index < -0.39 is 23.6 Å². The van der Waals surface area contributed by atoms with Crippen molar-refractivity contribution in [1.29, 1.82) is 0 Å². The summed E-state index contributed by atoms with van der Waals surface area (Å²) < 4.78 is 26.5. The number of thiophene rings is 1. The molecule has 2 rings (SSSR count). The van der Waals surface area contributed by atoms with Crippen molar-refractivity contribution in [3.63, 3.8) is 0 Å². The highest BCUT2D eigenvalue weighted by Crippen LogP contribution is 2.21. The zero-order valence-corrected chi connectivity index (χ0v) is 12.3. The zero-order chi connectivity index (χ0) is 15.6. The minimum atomic E-state index is -0.710. The Morgan fingerprint density at radius 3 is 2.38 bits per heavy atom. The van der Waals surface area contributed by atoms with Crippen LogP contribution in [0.1, 0.15) is 44.8 Å². The van der Waals surface area contributed by atoms with Gasteiger partial charge in [-0.15, -0.1) is 11.3 Å². The molecule has 0 saturated carbocycles. The zero-order valence-electron chi connectivity index (χ0n) is 11.4. The number of nitrogens with one attached hydrogen (secondary N) is 1. The Bertz CT molecular complexity index is 697. The summed E-state index contributed by atoms with van der Waals surface area (Å²) in [4.78, 5) is 24.1. The van der Waals surface area contributed by atoms with Crippen LogP contribution in [0.3, 0.4) is 0 Å². The summed E-state index contributed by atoms with van der Waals surface area (Å²) in [5.41, 5.74) is 0.202. The molecule has 0 aliphatic carbocycles. The Morgan fingerprint density at radius 1 is 1.14 bits per heavy atom. The quantitative estimate of drug-likeness (QED) is 0.875. The lowest BCUT2D eigenvalue weighted by Gasteiger charge is -2.14. The maximum absolute atomic E-state index is 13.6. The standard InChI is InChI=1S/C15H13F2NO2S/c1-8(11-4-3-10(16)7-12(11)17)18-15(20)14-6-5-13(21-14)9(2)19/h3-8H,1-2H3,(H,18,20). The third-order valence-electron chi connectivity index (χ3n) is 2.95. The number of benzene rings is 1. The topological polar surface area (TPSA) is 46.2 Å². The van der Waals surface area contributed by atoms with Crippen LogP contribution in [0.25, 0.3) is 0 Å². The van der Waals surface area contributed by atoms with Gasteiger partial charge in [0.2, 0.25) is 0 Å². The van der Waals surface area contributed by atoms with E-state index in [2.05, 4.69) is 5.32 Å². The number of halogens is 2. The summed E-state index contributed by atoms with van der Waals surface area (Å²) in [6.07, 6.45) is 0. The number of ketones is 1. The molecule has 1 atom stereocenters. The minimum absolute atomic E-state index is 0.114. The van der Waals surface area contributed by atoms with Crippen molar-refractivity contribution in [2.24, 2.45) is 0 Å². The first kappa shape index (κ1) is 15.3. The molecular weight excluding hydrogens is 296 g/mol. The second-order valence-electron chi connectivity index (χ2n) is 4.58. The van der Waals surface area contributed by atoms with Crippen LogP contribution in [0.4, 0.5) is 8.78 Å². The lowest BCUT2D eigenvalue weighted by atomic mass is 10.1. The average Bonchev–Trinajstić information content (AvgIpc) is 2.88. The molecule has 1 N–H and O–H groups in total. The van der Waals surface area contributed by atoms with Crippen LogP contribution in [0.15, 0.2) is 30.3 Å². The molecule has 1 aromatic carbocycles. The van der Waals surface area contributed by atoms with Crippen molar-refractivity contribution < 1.29 is 18.4 Å². The summed E-state index contributed by atoms with van der Waals surface area (Å²) in [6.45, 7) is 3.03. The first-order valence-corrected chi connectivity index (χ1v) is 7.06. The van der Waals surface area contributed by atoms with Crippen molar-refractivity contribution in [3.8, 4) is 0 Å². The van der Waals surface area contributed by atoms with Gasteiger partial charge in [0.15, 0.2) is 5.78 Å². The number of amides is 1. The van der Waals surface area contributed by atoms with Crippen molar-refractivity contribution in [2.75, 3.05) is 0 Å². The predicted molar refractivity (Wildman–Crippen MR) is 76.6 cm³/mol. The van der Waals surface area contributed by atoms with Gasteiger partial charge in [0.25, 0.3) is 5.91 Å². The molecule has 0 spiro atoms. The van der Waals surface area contributed by atoms with E-state index >= 15 is 0 Å². The smallest absolute Gasteiger partial charge is 0.261 e. The van der Waals surface area contributed by atoms with E-state index in [0.717, 1.165) is 23.5 Å². The molecule has 0 aliphatic rings. The van der Waals surface area contributed by atoms with E-state index in [1.54, 1.807) is 19.1 Å². The molecule has 1 unspecified atom stereocenters. The minimum Gasteiger partial charge on any atom is -0.345 e. The average molecular weight is 309 g/mol. The van der Waals surface area contributed by atoms with Crippen molar-refractivity contribution in [3.05, 3.63) is 57.3 Å². The highest BCUT2D eigenvalue weighted by atomic mass is 32.1. The molecule has 1 amide bonds. The molecule has 1 aromatic heterocycles. The van der Waals surface area contributed by atoms with Gasteiger partial charge < -0.3 is 5.32 Å². The first-order valence-electron chi connectivity index (χ1n) is 6.25. The van der Waals surface area contributed by atoms with Gasteiger partial charge in [0.05, 0.1) is 15.8 Å². The summed E-state index contributed by atoms with van der Waals surface area (Å²) in [5.74, 6) is -1.89. The molecule has 0 radical (unpaired) electrons. The van der Waals surface area contributed by atoms with E-state index in [1.165, 1.54) is 13.0 Å². The molecular formula is C15H13F2NO2S. The molecule has 0 saturated heterocycles. The number of Topliss-reactive ketones (excluding diaryl/α,β-unsaturated/α-hetero) is 1. The summed E-state index contributed by atoms with van der Waals surface area (Å²) in [7, 11) is 0. The third kappa shape index (κ3) is 3.52. The molecule has 3 nitrogen and oxygen atoms in total. The SMILES string of the molecule is CC(=O)c1ccc(C(=O)NC(C)c2ccc(F)cc2F)s1. The molecule has 2 aromatic rings. The first-order chi connectivity index (χ1) is 9.88. The lowest BCUT2D eigenvalue weighted by Crippen LogP contribution is -2.26. The van der Waals surface area contributed by atoms with E-state index in [0.29, 0.717) is 9.75 Å². The summed E-state index contributed by atoms with van der Waals surface area (Å²) >= 11 is 1.08. The van der Waals surface area contributed by atoms with Gasteiger partial charge in [-0.2, -0.15) is 0 Å². The Kier molecular flexibility index (Phi) is 4.47. The van der Waals surface area contributed by atoms with Crippen LogP contribution in [0, 0.1) is 11.6 Å². The summed E-state index contributed by atoms with van der Waals surface area (Å²) in [5, 5.41) is 2.62. The van der Waals surface area contributed by atoms with E-state index in [-0.39, 0.29) is 11.3 Å². The molecule has 110 valence electrons. The number of hydrogen-bond donors (Lipinski definition) is 1. The third-order valence-corrected chi connectivity index (χ3v) is 4.14. The van der Waals surface area contributed by atoms with Gasteiger partial charge in [-0.1, -0.05) is 6.07 Å².